The van der Waals surface area contributed by atoms with Crippen molar-refractivity contribution in [2.45, 2.75) is 26.8 Å². The lowest BCUT2D eigenvalue weighted by atomic mass is 9.88. The van der Waals surface area contributed by atoms with Gasteiger partial charge in [-0.2, -0.15) is 0 Å². The van der Waals surface area contributed by atoms with Crippen LogP contribution in [0.15, 0.2) is 0 Å². The van der Waals surface area contributed by atoms with Gasteiger partial charge in [-0.05, 0) is 5.41 Å². The lowest BCUT2D eigenvalue weighted by Gasteiger charge is -2.30. The van der Waals surface area contributed by atoms with Gasteiger partial charge in [-0.25, -0.2) is 21.6 Å². The van der Waals surface area contributed by atoms with E-state index in [2.05, 4.69) is 4.72 Å². The van der Waals surface area contributed by atoms with E-state index in [1.54, 1.807) is 0 Å². The van der Waals surface area contributed by atoms with E-state index in [0.29, 0.717) is 0 Å². The Morgan fingerprint density at radius 2 is 1.59 bits per heavy atom. The van der Waals surface area contributed by atoms with Gasteiger partial charge in [0.25, 0.3) is 0 Å². The second-order valence-electron chi connectivity index (χ2n) is 5.22. The van der Waals surface area contributed by atoms with Crippen LogP contribution < -0.4 is 10.5 Å². The first-order chi connectivity index (χ1) is 7.37. The first kappa shape index (κ1) is 16.8. The molecule has 3 N–H and O–H groups in total. The third-order valence-corrected chi connectivity index (χ3v) is 4.92. The van der Waals surface area contributed by atoms with Crippen LogP contribution in [0.25, 0.3) is 0 Å². The highest BCUT2D eigenvalue weighted by atomic mass is 32.2. The summed E-state index contributed by atoms with van der Waals surface area (Å²) in [5.41, 5.74) is 5.19. The summed E-state index contributed by atoms with van der Waals surface area (Å²) >= 11 is 0. The highest BCUT2D eigenvalue weighted by Gasteiger charge is 2.27. The number of sulfonamides is 1. The summed E-state index contributed by atoms with van der Waals surface area (Å²) in [5.74, 6) is -0.817. The maximum atomic E-state index is 11.7. The molecule has 0 rings (SSSR count). The predicted octanol–water partition coefficient (Wildman–Crippen LogP) is -0.676. The largest absolute Gasteiger partial charge is 0.329 e. The van der Waals surface area contributed by atoms with Crippen LogP contribution in [0.2, 0.25) is 0 Å². The summed E-state index contributed by atoms with van der Waals surface area (Å²) in [5, 5.41) is 0. The Labute approximate surface area is 104 Å². The molecule has 0 aliphatic rings. The quantitative estimate of drug-likeness (QED) is 0.673. The lowest BCUT2D eigenvalue weighted by Crippen LogP contribution is -2.49. The summed E-state index contributed by atoms with van der Waals surface area (Å²) in [6.07, 6.45) is 1.01. The van der Waals surface area contributed by atoms with Gasteiger partial charge < -0.3 is 5.73 Å². The van der Waals surface area contributed by atoms with Gasteiger partial charge in [0.2, 0.25) is 10.0 Å². The first-order valence-electron chi connectivity index (χ1n) is 5.25. The van der Waals surface area contributed by atoms with Crippen LogP contribution in [0.1, 0.15) is 20.8 Å². The molecule has 17 heavy (non-hydrogen) atoms. The monoisotopic (exact) mass is 286 g/mol. The predicted molar refractivity (Wildman–Crippen MR) is 68.9 cm³/mol. The Hall–Kier alpha value is -0.180. The minimum atomic E-state index is -3.62. The second-order valence-corrected chi connectivity index (χ2v) is 9.35. The number of sulfone groups is 1. The third kappa shape index (κ3) is 7.69. The summed E-state index contributed by atoms with van der Waals surface area (Å²) in [7, 11) is -6.90. The van der Waals surface area contributed by atoms with Crippen molar-refractivity contribution in [3.8, 4) is 0 Å². The molecule has 0 spiro atoms. The lowest BCUT2D eigenvalue weighted by molar-refractivity contribution is 0.304. The normalized spacial score (nSPS) is 15.8. The highest BCUT2D eigenvalue weighted by molar-refractivity contribution is 7.93. The standard InChI is InChI=1S/C9H22N2O4S2/c1-9(2,3)8(7-10)11-17(14,15)6-5-16(4,12)13/h8,11H,5-7,10H2,1-4H3. The van der Waals surface area contributed by atoms with Crippen molar-refractivity contribution in [1.29, 1.82) is 0 Å². The van der Waals surface area contributed by atoms with Crippen LogP contribution in [-0.4, -0.2) is 47.2 Å². The number of nitrogens with two attached hydrogens (primary N) is 1. The zero-order valence-electron chi connectivity index (χ0n) is 10.7. The zero-order chi connectivity index (χ0) is 13.9. The molecule has 0 aliphatic heterocycles. The minimum absolute atomic E-state index is 0.168. The van der Waals surface area contributed by atoms with E-state index in [1.807, 2.05) is 20.8 Å². The average Bonchev–Trinajstić information content (AvgIpc) is 2.08. The van der Waals surface area contributed by atoms with Gasteiger partial charge in [0.1, 0.15) is 9.84 Å². The van der Waals surface area contributed by atoms with Gasteiger partial charge in [0.05, 0.1) is 11.5 Å². The van der Waals surface area contributed by atoms with E-state index in [0.717, 1.165) is 6.26 Å². The molecule has 0 aromatic rings. The van der Waals surface area contributed by atoms with Crippen LogP contribution in [-0.2, 0) is 19.9 Å². The SMILES string of the molecule is CC(C)(C)C(CN)NS(=O)(=O)CCS(C)(=O)=O. The molecule has 0 fully saturated rings. The van der Waals surface area contributed by atoms with E-state index in [1.165, 1.54) is 0 Å². The average molecular weight is 286 g/mol. The molecule has 0 aromatic heterocycles. The van der Waals surface area contributed by atoms with Crippen molar-refractivity contribution in [3.05, 3.63) is 0 Å². The fourth-order valence-electron chi connectivity index (χ4n) is 1.12. The van der Waals surface area contributed by atoms with E-state index in [4.69, 9.17) is 5.73 Å². The summed E-state index contributed by atoms with van der Waals surface area (Å²) < 4.78 is 47.6. The molecule has 0 bridgehead atoms. The fraction of sp³-hybridized carbons (Fsp3) is 1.00. The van der Waals surface area contributed by atoms with Gasteiger partial charge in [0.15, 0.2) is 0 Å². The minimum Gasteiger partial charge on any atom is -0.329 e. The number of rotatable bonds is 6. The van der Waals surface area contributed by atoms with E-state index >= 15 is 0 Å². The Bertz CT molecular complexity index is 434. The third-order valence-electron chi connectivity index (χ3n) is 2.33. The van der Waals surface area contributed by atoms with Crippen molar-refractivity contribution < 1.29 is 16.8 Å². The van der Waals surface area contributed by atoms with Crippen molar-refractivity contribution in [2.24, 2.45) is 11.1 Å². The molecule has 6 nitrogen and oxygen atoms in total. The van der Waals surface area contributed by atoms with E-state index < -0.39 is 31.7 Å². The Morgan fingerprint density at radius 3 is 1.88 bits per heavy atom. The van der Waals surface area contributed by atoms with Gasteiger partial charge in [0, 0.05) is 18.8 Å². The smallest absolute Gasteiger partial charge is 0.212 e. The fourth-order valence-corrected chi connectivity index (χ4v) is 4.20. The van der Waals surface area contributed by atoms with E-state index in [-0.39, 0.29) is 17.7 Å². The molecule has 0 saturated carbocycles. The molecular weight excluding hydrogens is 264 g/mol. The molecule has 0 amide bonds. The Balaban J connectivity index is 4.65. The molecule has 1 atom stereocenters. The molecule has 8 heteroatoms. The van der Waals surface area contributed by atoms with Crippen LogP contribution >= 0.6 is 0 Å². The summed E-state index contributed by atoms with van der Waals surface area (Å²) in [4.78, 5) is 0. The molecule has 0 heterocycles. The van der Waals surface area contributed by atoms with Crippen molar-refractivity contribution in [1.82, 2.24) is 4.72 Å². The van der Waals surface area contributed by atoms with Gasteiger partial charge >= 0.3 is 0 Å². The second kappa shape index (κ2) is 5.64. The molecule has 0 aromatic carbocycles. The molecule has 0 radical (unpaired) electrons. The Morgan fingerprint density at radius 1 is 1.12 bits per heavy atom. The van der Waals surface area contributed by atoms with Crippen LogP contribution in [0.5, 0.6) is 0 Å². The van der Waals surface area contributed by atoms with Crippen LogP contribution in [0.3, 0.4) is 0 Å². The highest BCUT2D eigenvalue weighted by Crippen LogP contribution is 2.19. The van der Waals surface area contributed by atoms with Crippen LogP contribution in [0.4, 0.5) is 0 Å². The van der Waals surface area contributed by atoms with Gasteiger partial charge in [-0.3, -0.25) is 0 Å². The van der Waals surface area contributed by atoms with Crippen molar-refractivity contribution in [3.63, 3.8) is 0 Å². The first-order valence-corrected chi connectivity index (χ1v) is 8.96. The maximum absolute atomic E-state index is 11.7. The summed E-state index contributed by atoms with van der Waals surface area (Å²) in [6.45, 7) is 5.76. The van der Waals surface area contributed by atoms with E-state index in [9.17, 15) is 16.8 Å². The molecule has 1 unspecified atom stereocenters. The van der Waals surface area contributed by atoms with Crippen molar-refractivity contribution in [2.75, 3.05) is 24.3 Å². The molecule has 104 valence electrons. The number of hydrogen-bond donors (Lipinski definition) is 2. The number of nitrogens with one attached hydrogen (secondary N) is 1. The molecule has 0 saturated heterocycles. The van der Waals surface area contributed by atoms with Gasteiger partial charge in [-0.1, -0.05) is 20.8 Å². The van der Waals surface area contributed by atoms with Crippen molar-refractivity contribution >= 4 is 19.9 Å². The van der Waals surface area contributed by atoms with Gasteiger partial charge in [-0.15, -0.1) is 0 Å². The Kier molecular flexibility index (Phi) is 5.58. The maximum Gasteiger partial charge on any atom is 0.212 e. The van der Waals surface area contributed by atoms with Crippen LogP contribution in [0, 0.1) is 5.41 Å². The molecule has 0 aliphatic carbocycles. The topological polar surface area (TPSA) is 106 Å². The number of hydrogen-bond acceptors (Lipinski definition) is 5. The summed E-state index contributed by atoms with van der Waals surface area (Å²) in [6, 6.07) is -0.410. The molecular formula is C9H22N2O4S2. The zero-order valence-corrected chi connectivity index (χ0v) is 12.4.